The smallest absolute Gasteiger partial charge is 0.0616 e. The number of likely N-dealkylation sites (N-methyl/N-ethyl adjacent to an activating group) is 1. The SMILES string of the molecule is CCN1CC2CNCCN2c2ccc(Br)cc21. The van der Waals surface area contributed by atoms with Crippen molar-refractivity contribution in [3.63, 3.8) is 0 Å². The molecule has 1 N–H and O–H groups in total. The van der Waals surface area contributed by atoms with Gasteiger partial charge in [-0.3, -0.25) is 0 Å². The number of halogens is 1. The van der Waals surface area contributed by atoms with Crippen molar-refractivity contribution in [2.24, 2.45) is 0 Å². The van der Waals surface area contributed by atoms with Crippen LogP contribution in [0.25, 0.3) is 0 Å². The molecule has 0 bridgehead atoms. The van der Waals surface area contributed by atoms with Gasteiger partial charge in [0.2, 0.25) is 0 Å². The molecule has 2 aliphatic rings. The fourth-order valence-electron chi connectivity index (χ4n) is 2.89. The summed E-state index contributed by atoms with van der Waals surface area (Å²) in [6, 6.07) is 7.27. The predicted molar refractivity (Wildman–Crippen MR) is 76.0 cm³/mol. The molecule has 1 saturated heterocycles. The number of benzene rings is 1. The van der Waals surface area contributed by atoms with Crippen LogP contribution in [0.2, 0.25) is 0 Å². The highest BCUT2D eigenvalue weighted by atomic mass is 79.9. The van der Waals surface area contributed by atoms with Crippen LogP contribution < -0.4 is 15.1 Å². The summed E-state index contributed by atoms with van der Waals surface area (Å²) in [5, 5.41) is 3.49. The van der Waals surface area contributed by atoms with Crippen molar-refractivity contribution in [3.05, 3.63) is 22.7 Å². The lowest BCUT2D eigenvalue weighted by atomic mass is 10.0. The quantitative estimate of drug-likeness (QED) is 0.856. The molecule has 1 unspecified atom stereocenters. The first-order chi connectivity index (χ1) is 8.29. The standard InChI is InChI=1S/C13H18BrN3/c1-2-16-9-11-8-15-5-6-17(11)12-4-3-10(14)7-13(12)16/h3-4,7,11,15H,2,5-6,8-9H2,1H3. The average Bonchev–Trinajstić information content (AvgIpc) is 2.37. The van der Waals surface area contributed by atoms with E-state index in [1.54, 1.807) is 0 Å². The topological polar surface area (TPSA) is 18.5 Å². The molecule has 2 heterocycles. The van der Waals surface area contributed by atoms with Gasteiger partial charge in [-0.1, -0.05) is 15.9 Å². The number of nitrogens with one attached hydrogen (secondary N) is 1. The van der Waals surface area contributed by atoms with Crippen LogP contribution in [-0.4, -0.2) is 38.8 Å². The van der Waals surface area contributed by atoms with Crippen molar-refractivity contribution in [2.45, 2.75) is 13.0 Å². The van der Waals surface area contributed by atoms with E-state index in [9.17, 15) is 0 Å². The fourth-order valence-corrected chi connectivity index (χ4v) is 3.24. The first-order valence-electron chi connectivity index (χ1n) is 6.31. The molecule has 0 aliphatic carbocycles. The Kier molecular flexibility index (Phi) is 3.01. The third-order valence-electron chi connectivity index (χ3n) is 3.75. The van der Waals surface area contributed by atoms with Crippen LogP contribution in [0.3, 0.4) is 0 Å². The van der Waals surface area contributed by atoms with E-state index in [1.807, 2.05) is 0 Å². The average molecular weight is 296 g/mol. The summed E-state index contributed by atoms with van der Waals surface area (Å²) in [6.45, 7) is 7.76. The highest BCUT2D eigenvalue weighted by Crippen LogP contribution is 2.37. The van der Waals surface area contributed by atoms with Gasteiger partial charge >= 0.3 is 0 Å². The van der Waals surface area contributed by atoms with E-state index in [4.69, 9.17) is 0 Å². The maximum absolute atomic E-state index is 3.58. The highest BCUT2D eigenvalue weighted by Gasteiger charge is 2.31. The minimum Gasteiger partial charge on any atom is -0.368 e. The van der Waals surface area contributed by atoms with Gasteiger partial charge in [0.15, 0.2) is 0 Å². The Morgan fingerprint density at radius 1 is 1.41 bits per heavy atom. The molecule has 1 fully saturated rings. The van der Waals surface area contributed by atoms with Gasteiger partial charge in [-0.25, -0.2) is 0 Å². The first-order valence-corrected chi connectivity index (χ1v) is 7.10. The Hall–Kier alpha value is -0.740. The molecule has 3 nitrogen and oxygen atoms in total. The molecule has 0 amide bonds. The second-order valence-corrected chi connectivity index (χ2v) is 5.64. The molecule has 1 atom stereocenters. The van der Waals surface area contributed by atoms with E-state index in [2.05, 4.69) is 56.2 Å². The zero-order valence-corrected chi connectivity index (χ0v) is 11.7. The van der Waals surface area contributed by atoms with E-state index >= 15 is 0 Å². The third-order valence-corrected chi connectivity index (χ3v) is 4.24. The first kappa shape index (κ1) is 11.4. The lowest BCUT2D eigenvalue weighted by Gasteiger charge is -2.47. The molecule has 1 aromatic rings. The van der Waals surface area contributed by atoms with Gasteiger partial charge in [0.1, 0.15) is 0 Å². The second-order valence-electron chi connectivity index (χ2n) is 4.72. The van der Waals surface area contributed by atoms with Crippen LogP contribution in [0.5, 0.6) is 0 Å². The number of nitrogens with zero attached hydrogens (tertiary/aromatic N) is 2. The zero-order valence-electron chi connectivity index (χ0n) is 10.1. The Balaban J connectivity index is 2.04. The summed E-state index contributed by atoms with van der Waals surface area (Å²) in [6.07, 6.45) is 0. The second kappa shape index (κ2) is 4.50. The molecule has 0 radical (unpaired) electrons. The van der Waals surface area contributed by atoms with Gasteiger partial charge < -0.3 is 15.1 Å². The van der Waals surface area contributed by atoms with Gasteiger partial charge in [0, 0.05) is 37.2 Å². The maximum Gasteiger partial charge on any atom is 0.0616 e. The molecule has 2 aliphatic heterocycles. The number of fused-ring (bicyclic) bond motifs is 3. The van der Waals surface area contributed by atoms with Crippen molar-refractivity contribution in [2.75, 3.05) is 42.5 Å². The number of hydrogen-bond donors (Lipinski definition) is 1. The van der Waals surface area contributed by atoms with E-state index in [-0.39, 0.29) is 0 Å². The van der Waals surface area contributed by atoms with Crippen LogP contribution >= 0.6 is 15.9 Å². The summed E-state index contributed by atoms with van der Waals surface area (Å²) in [5.74, 6) is 0. The summed E-state index contributed by atoms with van der Waals surface area (Å²) in [4.78, 5) is 5.04. The normalized spacial score (nSPS) is 23.3. The van der Waals surface area contributed by atoms with Gasteiger partial charge in [-0.15, -0.1) is 0 Å². The summed E-state index contributed by atoms with van der Waals surface area (Å²) in [7, 11) is 0. The molecule has 0 saturated carbocycles. The maximum atomic E-state index is 3.58. The number of piperazine rings is 1. The molecule has 1 aromatic carbocycles. The van der Waals surface area contributed by atoms with E-state index in [1.165, 1.54) is 15.8 Å². The molecular weight excluding hydrogens is 278 g/mol. The molecule has 92 valence electrons. The lowest BCUT2D eigenvalue weighted by Crippen LogP contribution is -2.58. The number of hydrogen-bond acceptors (Lipinski definition) is 3. The largest absolute Gasteiger partial charge is 0.368 e. The Morgan fingerprint density at radius 3 is 3.12 bits per heavy atom. The summed E-state index contributed by atoms with van der Waals surface area (Å²) < 4.78 is 1.17. The molecule has 3 rings (SSSR count). The third kappa shape index (κ3) is 1.93. The van der Waals surface area contributed by atoms with Gasteiger partial charge in [-0.05, 0) is 25.1 Å². The summed E-state index contributed by atoms with van der Waals surface area (Å²) >= 11 is 3.58. The number of anilines is 2. The Labute approximate surface area is 111 Å². The minimum absolute atomic E-state index is 0.623. The van der Waals surface area contributed by atoms with Crippen LogP contribution in [0.1, 0.15) is 6.92 Å². The Morgan fingerprint density at radius 2 is 2.29 bits per heavy atom. The van der Waals surface area contributed by atoms with E-state index < -0.39 is 0 Å². The zero-order chi connectivity index (χ0) is 11.8. The monoisotopic (exact) mass is 295 g/mol. The van der Waals surface area contributed by atoms with Crippen molar-refractivity contribution in [1.82, 2.24) is 5.32 Å². The van der Waals surface area contributed by atoms with Crippen LogP contribution in [-0.2, 0) is 0 Å². The fraction of sp³-hybridized carbons (Fsp3) is 0.538. The highest BCUT2D eigenvalue weighted by molar-refractivity contribution is 9.10. The van der Waals surface area contributed by atoms with Gasteiger partial charge in [0.25, 0.3) is 0 Å². The molecular formula is C13H18BrN3. The van der Waals surface area contributed by atoms with E-state index in [0.717, 1.165) is 32.7 Å². The van der Waals surface area contributed by atoms with Gasteiger partial charge in [-0.2, -0.15) is 0 Å². The summed E-state index contributed by atoms with van der Waals surface area (Å²) in [5.41, 5.74) is 2.77. The predicted octanol–water partition coefficient (Wildman–Crippen LogP) is 2.07. The van der Waals surface area contributed by atoms with Crippen LogP contribution in [0, 0.1) is 0 Å². The van der Waals surface area contributed by atoms with Crippen molar-refractivity contribution in [3.8, 4) is 0 Å². The van der Waals surface area contributed by atoms with Gasteiger partial charge in [0.05, 0.1) is 17.4 Å². The Bertz CT molecular complexity index is 421. The molecule has 17 heavy (non-hydrogen) atoms. The molecule has 4 heteroatoms. The molecule has 0 spiro atoms. The number of rotatable bonds is 1. The lowest BCUT2D eigenvalue weighted by molar-refractivity contribution is 0.460. The van der Waals surface area contributed by atoms with Crippen molar-refractivity contribution in [1.29, 1.82) is 0 Å². The van der Waals surface area contributed by atoms with Crippen molar-refractivity contribution < 1.29 is 0 Å². The van der Waals surface area contributed by atoms with Crippen molar-refractivity contribution >= 4 is 27.3 Å². The van der Waals surface area contributed by atoms with Crippen LogP contribution in [0.15, 0.2) is 22.7 Å². The van der Waals surface area contributed by atoms with Crippen LogP contribution in [0.4, 0.5) is 11.4 Å². The van der Waals surface area contributed by atoms with E-state index in [0.29, 0.717) is 6.04 Å². The molecule has 0 aromatic heterocycles. The minimum atomic E-state index is 0.623.